The van der Waals surface area contributed by atoms with Gasteiger partial charge in [-0.15, -0.1) is 0 Å². The van der Waals surface area contributed by atoms with Gasteiger partial charge in [0.25, 0.3) is 0 Å². The zero-order valence-corrected chi connectivity index (χ0v) is 13.8. The summed E-state index contributed by atoms with van der Waals surface area (Å²) in [6, 6.07) is 5.98. The summed E-state index contributed by atoms with van der Waals surface area (Å²) in [5, 5.41) is 49.3. The molecule has 7 N–H and O–H groups in total. The lowest BCUT2D eigenvalue weighted by molar-refractivity contribution is -0.129. The number of hydrogen-bond donors (Lipinski definition) is 7. The first-order valence-corrected chi connectivity index (χ1v) is 8.75. The molecule has 0 heterocycles. The first kappa shape index (κ1) is 19.2. The Morgan fingerprint density at radius 1 is 1.08 bits per heavy atom. The Kier molecular flexibility index (Phi) is 5.36. The summed E-state index contributed by atoms with van der Waals surface area (Å²) in [5.74, 6) is -3.77. The molecule has 1 aliphatic carbocycles. The zero-order valence-electron chi connectivity index (χ0n) is 12.9. The number of aliphatic hydroxyl groups is 4. The minimum absolute atomic E-state index is 0.0484. The van der Waals surface area contributed by atoms with Crippen molar-refractivity contribution in [3.8, 4) is 5.75 Å². The first-order chi connectivity index (χ1) is 11.5. The molecule has 1 aromatic carbocycles. The normalized spacial score (nSPS) is 17.8. The molecular formula is C15H18NO8P. The van der Waals surface area contributed by atoms with E-state index < -0.39 is 42.8 Å². The number of rotatable bonds is 5. The largest absolute Gasteiger partial charge is 0.512 e. The number of aromatic hydroxyl groups is 1. The Bertz CT molecular complexity index is 788. The second-order valence-electron chi connectivity index (χ2n) is 5.62. The maximum Gasteiger partial charge on any atom is 0.448 e. The van der Waals surface area contributed by atoms with Crippen molar-refractivity contribution in [3.63, 3.8) is 0 Å². The Hall–Kier alpha value is -2.16. The van der Waals surface area contributed by atoms with Crippen LogP contribution in [0.4, 0.5) is 0 Å². The molecule has 10 heteroatoms. The number of phenols is 1. The molecule has 0 atom stereocenters. The van der Waals surface area contributed by atoms with Gasteiger partial charge in [0, 0.05) is 18.9 Å². The van der Waals surface area contributed by atoms with Crippen molar-refractivity contribution in [3.05, 3.63) is 53.0 Å². The third-order valence-corrected chi connectivity index (χ3v) is 4.05. The number of nitrogens with zero attached hydrogens (tertiary/aromatic N) is 1. The predicted molar refractivity (Wildman–Crippen MR) is 88.1 cm³/mol. The lowest BCUT2D eigenvalue weighted by Gasteiger charge is -2.28. The molecule has 0 saturated carbocycles. The van der Waals surface area contributed by atoms with Crippen LogP contribution in [0.1, 0.15) is 18.4 Å². The molecule has 2 rings (SSSR count). The van der Waals surface area contributed by atoms with Crippen LogP contribution in [0.15, 0.2) is 52.2 Å². The predicted octanol–water partition coefficient (Wildman–Crippen LogP) is 1.20. The van der Waals surface area contributed by atoms with Gasteiger partial charge >= 0.3 is 7.75 Å². The molecule has 1 aliphatic rings. The van der Waals surface area contributed by atoms with Gasteiger partial charge in [0.1, 0.15) is 17.3 Å². The molecule has 0 bridgehead atoms. The van der Waals surface area contributed by atoms with Gasteiger partial charge in [0.05, 0.1) is 11.3 Å². The summed E-state index contributed by atoms with van der Waals surface area (Å²) < 4.78 is 14.2. The van der Waals surface area contributed by atoms with Crippen LogP contribution in [0.25, 0.3) is 0 Å². The topological polar surface area (TPSA) is 171 Å². The summed E-state index contributed by atoms with van der Waals surface area (Å²) in [7, 11) is -4.92. The van der Waals surface area contributed by atoms with Crippen LogP contribution < -0.4 is 0 Å². The van der Waals surface area contributed by atoms with E-state index in [0.717, 1.165) is 6.08 Å². The van der Waals surface area contributed by atoms with Crippen molar-refractivity contribution in [2.24, 2.45) is 4.76 Å². The van der Waals surface area contributed by atoms with Crippen LogP contribution in [0.5, 0.6) is 5.75 Å². The molecule has 0 aromatic heterocycles. The van der Waals surface area contributed by atoms with Crippen molar-refractivity contribution in [1.82, 2.24) is 0 Å². The monoisotopic (exact) mass is 371 g/mol. The second-order valence-corrected chi connectivity index (χ2v) is 6.84. The molecule has 0 fully saturated rings. The molecule has 25 heavy (non-hydrogen) atoms. The van der Waals surface area contributed by atoms with Gasteiger partial charge in [-0.1, -0.05) is 12.1 Å². The zero-order chi connectivity index (χ0) is 18.8. The van der Waals surface area contributed by atoms with E-state index in [1.807, 2.05) is 0 Å². The molecule has 136 valence electrons. The van der Waals surface area contributed by atoms with Gasteiger partial charge < -0.3 is 35.3 Å². The molecular weight excluding hydrogens is 353 g/mol. The highest BCUT2D eigenvalue weighted by Crippen LogP contribution is 2.40. The van der Waals surface area contributed by atoms with E-state index in [2.05, 4.69) is 4.76 Å². The van der Waals surface area contributed by atoms with Crippen LogP contribution >= 0.6 is 7.75 Å². The summed E-state index contributed by atoms with van der Waals surface area (Å²) in [5.41, 5.74) is -0.429. The number of aliphatic hydroxyl groups excluding tert-OH is 2. The van der Waals surface area contributed by atoms with Gasteiger partial charge in [-0.2, -0.15) is 4.76 Å². The van der Waals surface area contributed by atoms with Crippen LogP contribution in [0.3, 0.4) is 0 Å². The SMILES string of the molecule is O=P(O)(O)N=C1CC(O)=CC(O)=C1C(O)(O)CCc1ccc(O)cc1. The fraction of sp³-hybridized carbons (Fsp3) is 0.267. The number of allylic oxidation sites excluding steroid dienone is 2. The molecule has 0 saturated heterocycles. The molecule has 0 unspecified atom stereocenters. The van der Waals surface area contributed by atoms with Crippen molar-refractivity contribution >= 4 is 13.5 Å². The molecule has 0 amide bonds. The molecule has 0 spiro atoms. The fourth-order valence-corrected chi connectivity index (χ4v) is 2.96. The molecule has 1 aromatic rings. The maximum absolute atomic E-state index is 11.1. The number of hydrogen-bond acceptors (Lipinski definition) is 6. The van der Waals surface area contributed by atoms with Gasteiger partial charge in [-0.05, 0) is 24.1 Å². The van der Waals surface area contributed by atoms with E-state index >= 15 is 0 Å². The molecule has 0 aliphatic heterocycles. The third-order valence-electron chi connectivity index (χ3n) is 3.55. The number of benzene rings is 1. The highest BCUT2D eigenvalue weighted by atomic mass is 31.2. The van der Waals surface area contributed by atoms with Crippen LogP contribution in [-0.4, -0.2) is 46.8 Å². The van der Waals surface area contributed by atoms with E-state index in [1.54, 1.807) is 12.1 Å². The van der Waals surface area contributed by atoms with Crippen LogP contribution in [0, 0.1) is 0 Å². The average molecular weight is 371 g/mol. The molecule has 0 radical (unpaired) electrons. The van der Waals surface area contributed by atoms with E-state index in [0.29, 0.717) is 5.56 Å². The number of phenolic OH excluding ortho intramolecular Hbond substituents is 1. The van der Waals surface area contributed by atoms with Crippen LogP contribution in [-0.2, 0) is 11.0 Å². The van der Waals surface area contributed by atoms with Gasteiger partial charge in [0.15, 0.2) is 5.79 Å². The van der Waals surface area contributed by atoms with E-state index in [1.165, 1.54) is 12.1 Å². The highest BCUT2D eigenvalue weighted by molar-refractivity contribution is 7.50. The van der Waals surface area contributed by atoms with Crippen molar-refractivity contribution in [2.75, 3.05) is 0 Å². The fourth-order valence-electron chi connectivity index (χ4n) is 2.47. The summed E-state index contributed by atoms with van der Waals surface area (Å²) in [6.45, 7) is 0. The Balaban J connectivity index is 2.32. The van der Waals surface area contributed by atoms with Gasteiger partial charge in [0.2, 0.25) is 0 Å². The number of aryl methyl sites for hydroxylation is 1. The lowest BCUT2D eigenvalue weighted by Crippen LogP contribution is -2.37. The molecule has 9 nitrogen and oxygen atoms in total. The second kappa shape index (κ2) is 6.99. The maximum atomic E-state index is 11.1. The average Bonchev–Trinajstić information content (AvgIpc) is 2.43. The standard InChI is InChI=1S/C15H18NO8P/c17-10-3-1-9(2-4-10)5-6-15(20,21)14-12(16-25(22,23)24)7-11(18)8-13(14)19/h1-4,8,17-21H,5-7H2,(H2,22,23,24). The smallest absolute Gasteiger partial charge is 0.448 e. The van der Waals surface area contributed by atoms with E-state index in [9.17, 15) is 30.1 Å². The van der Waals surface area contributed by atoms with Gasteiger partial charge in [-0.25, -0.2) is 4.57 Å². The Morgan fingerprint density at radius 2 is 1.68 bits per heavy atom. The van der Waals surface area contributed by atoms with E-state index in [-0.39, 0.29) is 18.6 Å². The minimum atomic E-state index is -4.92. The van der Waals surface area contributed by atoms with E-state index in [4.69, 9.17) is 9.79 Å². The summed E-state index contributed by atoms with van der Waals surface area (Å²) in [4.78, 5) is 18.0. The van der Waals surface area contributed by atoms with Crippen LogP contribution in [0.2, 0.25) is 0 Å². The Labute approximate surface area is 142 Å². The van der Waals surface area contributed by atoms with Gasteiger partial charge in [-0.3, -0.25) is 0 Å². The Morgan fingerprint density at radius 3 is 2.24 bits per heavy atom. The minimum Gasteiger partial charge on any atom is -0.512 e. The first-order valence-electron chi connectivity index (χ1n) is 7.19. The van der Waals surface area contributed by atoms with Crippen molar-refractivity contribution < 1.29 is 39.9 Å². The summed E-state index contributed by atoms with van der Waals surface area (Å²) >= 11 is 0. The highest BCUT2D eigenvalue weighted by Gasteiger charge is 2.38. The van der Waals surface area contributed by atoms with Crippen molar-refractivity contribution in [1.29, 1.82) is 0 Å². The third kappa shape index (κ3) is 5.15. The quantitative estimate of drug-likeness (QED) is 0.299. The summed E-state index contributed by atoms with van der Waals surface area (Å²) in [6.07, 6.45) is 0.192. The van der Waals surface area contributed by atoms with Crippen molar-refractivity contribution in [2.45, 2.75) is 25.0 Å². The lowest BCUT2D eigenvalue weighted by atomic mass is 9.89.